The summed E-state index contributed by atoms with van der Waals surface area (Å²) in [5, 5.41) is 2.72. The molecule has 4 nitrogen and oxygen atoms in total. The number of hydrogen-bond donors (Lipinski definition) is 1. The zero-order valence-electron chi connectivity index (χ0n) is 10.2. The van der Waals surface area contributed by atoms with E-state index < -0.39 is 18.2 Å². The number of ether oxygens (including phenoxy) is 1. The van der Waals surface area contributed by atoms with Crippen LogP contribution in [0.25, 0.3) is 0 Å². The van der Waals surface area contributed by atoms with Crippen molar-refractivity contribution in [3.05, 3.63) is 64.1 Å². The Kier molecular flexibility index (Phi) is 3.40. The van der Waals surface area contributed by atoms with Crippen LogP contribution < -0.4 is 5.32 Å². The fourth-order valence-corrected chi connectivity index (χ4v) is 2.51. The Balaban J connectivity index is 1.96. The number of carbonyl (C=O) groups is 1. The maximum absolute atomic E-state index is 13.0. The minimum atomic E-state index is -0.523. The quantitative estimate of drug-likeness (QED) is 0.912. The van der Waals surface area contributed by atoms with Crippen LogP contribution in [-0.2, 0) is 4.74 Å². The van der Waals surface area contributed by atoms with Crippen molar-refractivity contribution in [1.82, 2.24) is 10.3 Å². The molecule has 0 bridgehead atoms. The van der Waals surface area contributed by atoms with Gasteiger partial charge in [0, 0.05) is 10.7 Å². The molecule has 1 aromatic heterocycles. The second-order valence-corrected chi connectivity index (χ2v) is 5.31. The van der Waals surface area contributed by atoms with Gasteiger partial charge in [0.2, 0.25) is 0 Å². The van der Waals surface area contributed by atoms with Gasteiger partial charge in [-0.05, 0) is 29.8 Å². The predicted molar refractivity (Wildman–Crippen MR) is 73.4 cm³/mol. The largest absolute Gasteiger partial charge is 0.439 e. The summed E-state index contributed by atoms with van der Waals surface area (Å²) in [5.74, 6) is -0.330. The lowest BCUT2D eigenvalue weighted by Gasteiger charge is -2.16. The van der Waals surface area contributed by atoms with Crippen molar-refractivity contribution in [3.63, 3.8) is 0 Å². The van der Waals surface area contributed by atoms with Crippen molar-refractivity contribution in [2.75, 3.05) is 0 Å². The highest BCUT2D eigenvalue weighted by atomic mass is 79.9. The monoisotopic (exact) mass is 336 g/mol. The molecule has 3 rings (SSSR count). The van der Waals surface area contributed by atoms with Gasteiger partial charge in [0.05, 0.1) is 5.69 Å². The number of cyclic esters (lactones) is 1. The molecule has 6 heteroatoms. The van der Waals surface area contributed by atoms with E-state index in [1.807, 2.05) is 6.07 Å². The fraction of sp³-hybridized carbons (Fsp3) is 0.143. The molecule has 1 aliphatic heterocycles. The first kappa shape index (κ1) is 13.1. The minimum Gasteiger partial charge on any atom is -0.439 e. The molecule has 0 radical (unpaired) electrons. The number of hydrogen-bond acceptors (Lipinski definition) is 3. The Bertz CT molecular complexity index is 648. The lowest BCUT2D eigenvalue weighted by atomic mass is 10.00. The molecule has 2 atom stereocenters. The predicted octanol–water partition coefficient (Wildman–Crippen LogP) is 3.51. The van der Waals surface area contributed by atoms with Gasteiger partial charge in [-0.15, -0.1) is 0 Å². The summed E-state index contributed by atoms with van der Waals surface area (Å²) in [6.45, 7) is 0. The SMILES string of the molecule is O=C1NC(c2cc(Br)ccn2)C(c2ccc(F)cc2)O1. The van der Waals surface area contributed by atoms with Gasteiger partial charge in [-0.25, -0.2) is 9.18 Å². The molecule has 1 aromatic carbocycles. The zero-order chi connectivity index (χ0) is 14.1. The van der Waals surface area contributed by atoms with E-state index in [4.69, 9.17) is 4.74 Å². The van der Waals surface area contributed by atoms with Crippen LogP contribution in [0.5, 0.6) is 0 Å². The van der Waals surface area contributed by atoms with Gasteiger partial charge in [-0.2, -0.15) is 0 Å². The van der Waals surface area contributed by atoms with Crippen LogP contribution in [-0.4, -0.2) is 11.1 Å². The average molecular weight is 337 g/mol. The molecule has 102 valence electrons. The smallest absolute Gasteiger partial charge is 0.408 e. The molecule has 2 unspecified atom stereocenters. The van der Waals surface area contributed by atoms with Crippen molar-refractivity contribution >= 4 is 22.0 Å². The van der Waals surface area contributed by atoms with Gasteiger partial charge < -0.3 is 10.1 Å². The third-order valence-corrected chi connectivity index (χ3v) is 3.56. The molecule has 1 amide bonds. The molecular formula is C14H10BrFN2O2. The lowest BCUT2D eigenvalue weighted by Crippen LogP contribution is -2.20. The summed E-state index contributed by atoms with van der Waals surface area (Å²) in [6.07, 6.45) is 0.613. The third kappa shape index (κ3) is 2.51. The van der Waals surface area contributed by atoms with E-state index in [0.717, 1.165) is 10.0 Å². The first-order valence-electron chi connectivity index (χ1n) is 5.97. The Labute approximate surface area is 123 Å². The zero-order valence-corrected chi connectivity index (χ0v) is 11.8. The number of carbonyl (C=O) groups excluding carboxylic acids is 1. The van der Waals surface area contributed by atoms with Gasteiger partial charge in [-0.3, -0.25) is 4.98 Å². The van der Waals surface area contributed by atoms with Gasteiger partial charge in [0.15, 0.2) is 6.10 Å². The normalized spacial score (nSPS) is 21.4. The van der Waals surface area contributed by atoms with Gasteiger partial charge >= 0.3 is 6.09 Å². The van der Waals surface area contributed by atoms with E-state index in [1.165, 1.54) is 12.1 Å². The van der Waals surface area contributed by atoms with Crippen molar-refractivity contribution in [2.24, 2.45) is 0 Å². The van der Waals surface area contributed by atoms with E-state index >= 15 is 0 Å². The molecule has 1 aliphatic rings. The number of pyridine rings is 1. The van der Waals surface area contributed by atoms with Crippen LogP contribution in [0.4, 0.5) is 9.18 Å². The summed E-state index contributed by atoms with van der Waals surface area (Å²) in [7, 11) is 0. The summed E-state index contributed by atoms with van der Waals surface area (Å²) in [4.78, 5) is 15.8. The van der Waals surface area contributed by atoms with Crippen molar-refractivity contribution in [1.29, 1.82) is 0 Å². The van der Waals surface area contributed by atoms with Crippen LogP contribution in [0.3, 0.4) is 0 Å². The number of nitrogens with zero attached hydrogens (tertiary/aromatic N) is 1. The number of benzene rings is 1. The highest BCUT2D eigenvalue weighted by Gasteiger charge is 2.37. The second kappa shape index (κ2) is 5.20. The molecule has 2 heterocycles. The molecule has 1 N–H and O–H groups in total. The van der Waals surface area contributed by atoms with E-state index in [0.29, 0.717) is 5.69 Å². The Morgan fingerprint density at radius 1 is 1.25 bits per heavy atom. The summed E-state index contributed by atoms with van der Waals surface area (Å²) in [6, 6.07) is 9.10. The first-order chi connectivity index (χ1) is 9.63. The van der Waals surface area contributed by atoms with Crippen LogP contribution in [0.1, 0.15) is 23.4 Å². The van der Waals surface area contributed by atoms with E-state index in [9.17, 15) is 9.18 Å². The molecule has 1 fully saturated rings. The number of alkyl carbamates (subject to hydrolysis) is 1. The standard InChI is InChI=1S/C14H10BrFN2O2/c15-9-5-6-17-11(7-9)12-13(20-14(19)18-12)8-1-3-10(16)4-2-8/h1-7,12-13H,(H,18,19). The molecule has 20 heavy (non-hydrogen) atoms. The van der Waals surface area contributed by atoms with Crippen molar-refractivity contribution < 1.29 is 13.9 Å². The van der Waals surface area contributed by atoms with E-state index in [2.05, 4.69) is 26.2 Å². The van der Waals surface area contributed by atoms with E-state index in [1.54, 1.807) is 24.4 Å². The number of amides is 1. The maximum atomic E-state index is 13.0. The second-order valence-electron chi connectivity index (χ2n) is 4.40. The molecule has 0 spiro atoms. The Morgan fingerprint density at radius 3 is 2.70 bits per heavy atom. The molecular weight excluding hydrogens is 327 g/mol. The highest BCUT2D eigenvalue weighted by molar-refractivity contribution is 9.10. The topological polar surface area (TPSA) is 51.2 Å². The third-order valence-electron chi connectivity index (χ3n) is 3.07. The number of aromatic nitrogens is 1. The van der Waals surface area contributed by atoms with Gasteiger partial charge in [-0.1, -0.05) is 28.1 Å². The van der Waals surface area contributed by atoms with Crippen molar-refractivity contribution in [3.8, 4) is 0 Å². The van der Waals surface area contributed by atoms with Gasteiger partial charge in [0.1, 0.15) is 11.9 Å². The lowest BCUT2D eigenvalue weighted by molar-refractivity contribution is 0.132. The number of halogens is 2. The van der Waals surface area contributed by atoms with Crippen LogP contribution in [0.2, 0.25) is 0 Å². The van der Waals surface area contributed by atoms with Crippen molar-refractivity contribution in [2.45, 2.75) is 12.1 Å². The highest BCUT2D eigenvalue weighted by Crippen LogP contribution is 2.36. The number of nitrogens with one attached hydrogen (secondary N) is 1. The Morgan fingerprint density at radius 2 is 2.00 bits per heavy atom. The molecule has 0 saturated carbocycles. The average Bonchev–Trinajstić information content (AvgIpc) is 2.82. The molecule has 0 aliphatic carbocycles. The van der Waals surface area contributed by atoms with Crippen LogP contribution in [0, 0.1) is 5.82 Å². The summed E-state index contributed by atoms with van der Waals surface area (Å²) < 4.78 is 19.1. The summed E-state index contributed by atoms with van der Waals surface area (Å²) in [5.41, 5.74) is 1.40. The van der Waals surface area contributed by atoms with Crippen LogP contribution >= 0.6 is 15.9 Å². The van der Waals surface area contributed by atoms with Crippen LogP contribution in [0.15, 0.2) is 47.1 Å². The van der Waals surface area contributed by atoms with Gasteiger partial charge in [0.25, 0.3) is 0 Å². The Hall–Kier alpha value is -1.95. The first-order valence-corrected chi connectivity index (χ1v) is 6.77. The number of rotatable bonds is 2. The maximum Gasteiger partial charge on any atom is 0.408 e. The molecule has 1 saturated heterocycles. The minimum absolute atomic E-state index is 0.330. The fourth-order valence-electron chi connectivity index (χ4n) is 2.15. The summed E-state index contributed by atoms with van der Waals surface area (Å²) >= 11 is 3.37. The van der Waals surface area contributed by atoms with E-state index in [-0.39, 0.29) is 5.82 Å². The molecule has 2 aromatic rings.